The molecule has 1 amide bonds. The fourth-order valence-corrected chi connectivity index (χ4v) is 4.52. The van der Waals surface area contributed by atoms with Gasteiger partial charge >= 0.3 is 12.1 Å². The summed E-state index contributed by atoms with van der Waals surface area (Å²) < 4.78 is 38.2. The predicted octanol–water partition coefficient (Wildman–Crippen LogP) is 1.96. The highest BCUT2D eigenvalue weighted by Gasteiger charge is 2.40. The van der Waals surface area contributed by atoms with Crippen LogP contribution in [0.15, 0.2) is 24.4 Å². The number of nitrogens with zero attached hydrogens (tertiary/aromatic N) is 5. The number of carbonyl (C=O) groups excluding carboxylic acids is 2. The van der Waals surface area contributed by atoms with Crippen molar-refractivity contribution >= 4 is 23.4 Å². The lowest BCUT2D eigenvalue weighted by atomic mass is 10.0. The first-order valence-electron chi connectivity index (χ1n) is 11.3. The molecule has 0 N–H and O–H groups in total. The lowest BCUT2D eigenvalue weighted by Crippen LogP contribution is -2.45. The number of rotatable bonds is 6. The van der Waals surface area contributed by atoms with E-state index in [9.17, 15) is 9.59 Å². The Balaban J connectivity index is 1.21. The van der Waals surface area contributed by atoms with E-state index in [1.807, 2.05) is 4.90 Å². The van der Waals surface area contributed by atoms with Crippen LogP contribution in [0, 0.1) is 5.82 Å². The van der Waals surface area contributed by atoms with Gasteiger partial charge in [-0.2, -0.15) is 0 Å². The third kappa shape index (κ3) is 4.42. The van der Waals surface area contributed by atoms with E-state index in [4.69, 9.17) is 18.9 Å². The molecule has 4 heterocycles. The molecule has 3 saturated heterocycles. The van der Waals surface area contributed by atoms with Gasteiger partial charge in [-0.3, -0.25) is 4.90 Å². The summed E-state index contributed by atoms with van der Waals surface area (Å²) in [5.74, 6) is -1.50. The van der Waals surface area contributed by atoms with Gasteiger partial charge in [-0.15, -0.1) is 5.10 Å². The average molecular weight is 475 g/mol. The number of cyclic esters (lactones) is 1. The van der Waals surface area contributed by atoms with Crippen LogP contribution in [0.25, 0.3) is 0 Å². The van der Waals surface area contributed by atoms with Crippen LogP contribution in [0.3, 0.4) is 0 Å². The fraction of sp³-hybridized carbons (Fsp3) is 0.545. The molecule has 0 saturated carbocycles. The van der Waals surface area contributed by atoms with Crippen molar-refractivity contribution in [3.8, 4) is 0 Å². The van der Waals surface area contributed by atoms with Crippen molar-refractivity contribution in [1.82, 2.24) is 15.0 Å². The van der Waals surface area contributed by atoms with Crippen LogP contribution in [0.4, 0.5) is 20.6 Å². The second kappa shape index (κ2) is 9.18. The van der Waals surface area contributed by atoms with Gasteiger partial charge in [0.1, 0.15) is 11.9 Å². The summed E-state index contributed by atoms with van der Waals surface area (Å²) in [7, 11) is 0. The van der Waals surface area contributed by atoms with Gasteiger partial charge in [0.05, 0.1) is 50.5 Å². The molecule has 3 fully saturated rings. The van der Waals surface area contributed by atoms with Crippen molar-refractivity contribution < 1.29 is 32.9 Å². The van der Waals surface area contributed by atoms with Gasteiger partial charge in [0.25, 0.3) is 0 Å². The summed E-state index contributed by atoms with van der Waals surface area (Å²) in [4.78, 5) is 27.5. The number of aromatic nitrogens is 3. The Bertz CT molecular complexity index is 1060. The fourth-order valence-electron chi connectivity index (χ4n) is 4.52. The number of hydrogen-bond acceptors (Lipinski definition) is 9. The van der Waals surface area contributed by atoms with E-state index in [1.54, 1.807) is 19.1 Å². The molecule has 3 aliphatic rings. The minimum absolute atomic E-state index is 0.0791. The first-order valence-corrected chi connectivity index (χ1v) is 11.3. The number of esters is 1. The lowest BCUT2D eigenvalue weighted by Gasteiger charge is -2.38. The van der Waals surface area contributed by atoms with Gasteiger partial charge < -0.3 is 23.8 Å². The summed E-state index contributed by atoms with van der Waals surface area (Å²) in [6, 6.07) is 4.74. The molecule has 0 aliphatic carbocycles. The number of piperidine rings is 1. The molecule has 3 aliphatic heterocycles. The smallest absolute Gasteiger partial charge is 0.414 e. The Morgan fingerprint density at radius 2 is 2.03 bits per heavy atom. The molecule has 34 heavy (non-hydrogen) atoms. The van der Waals surface area contributed by atoms with Gasteiger partial charge in [-0.1, -0.05) is 5.21 Å². The standard InChI is InChI=1S/C22H26FN5O6/c1-2-31-20(29)18-14-27(25-24-18)12-16-13-28(21(30)34-16)15-3-4-19(17(23)11-15)26-7-5-22(6-8-26)32-9-10-33-22/h3-4,11,14,16H,2,5-10,12-13H2,1H3. The number of halogens is 1. The third-order valence-electron chi connectivity index (χ3n) is 6.21. The SMILES string of the molecule is CCOC(=O)c1cn(CC2CN(c3ccc(N4CCC5(CC4)OCCO5)c(F)c3)C(=O)O2)nn1. The van der Waals surface area contributed by atoms with Crippen LogP contribution in [-0.2, 0) is 25.5 Å². The largest absolute Gasteiger partial charge is 0.461 e. The topological polar surface area (TPSA) is 108 Å². The molecule has 0 bridgehead atoms. The summed E-state index contributed by atoms with van der Waals surface area (Å²) in [6.07, 6.45) is 1.69. The number of carbonyl (C=O) groups is 2. The maximum Gasteiger partial charge on any atom is 0.414 e. The second-order valence-corrected chi connectivity index (χ2v) is 8.39. The minimum atomic E-state index is -0.571. The third-order valence-corrected chi connectivity index (χ3v) is 6.21. The molecule has 1 unspecified atom stereocenters. The van der Waals surface area contributed by atoms with E-state index in [0.29, 0.717) is 50.5 Å². The van der Waals surface area contributed by atoms with Crippen LogP contribution >= 0.6 is 0 Å². The molecule has 1 aromatic heterocycles. The molecule has 2 aromatic rings. The zero-order valence-corrected chi connectivity index (χ0v) is 18.8. The molecule has 11 nitrogen and oxygen atoms in total. The van der Waals surface area contributed by atoms with Crippen LogP contribution < -0.4 is 9.80 Å². The number of ether oxygens (including phenoxy) is 4. The van der Waals surface area contributed by atoms with E-state index in [1.165, 1.54) is 21.8 Å². The molecule has 5 rings (SSSR count). The Morgan fingerprint density at radius 1 is 1.26 bits per heavy atom. The lowest BCUT2D eigenvalue weighted by molar-refractivity contribution is -0.169. The van der Waals surface area contributed by atoms with E-state index in [0.717, 1.165) is 0 Å². The molecule has 0 radical (unpaired) electrons. The van der Waals surface area contributed by atoms with Crippen LogP contribution in [-0.4, -0.2) is 78.4 Å². The number of hydrogen-bond donors (Lipinski definition) is 0. The molecular formula is C22H26FN5O6. The quantitative estimate of drug-likeness (QED) is 0.579. The van der Waals surface area contributed by atoms with Crippen molar-refractivity contribution in [2.45, 2.75) is 38.2 Å². The van der Waals surface area contributed by atoms with Gasteiger partial charge in [-0.05, 0) is 25.1 Å². The maximum atomic E-state index is 15.0. The average Bonchev–Trinajstić information content (AvgIpc) is 3.56. The number of anilines is 2. The van der Waals surface area contributed by atoms with Crippen LogP contribution in [0.1, 0.15) is 30.3 Å². The molecular weight excluding hydrogens is 449 g/mol. The molecule has 182 valence electrons. The van der Waals surface area contributed by atoms with E-state index in [-0.39, 0.29) is 25.4 Å². The summed E-state index contributed by atoms with van der Waals surface area (Å²) >= 11 is 0. The van der Waals surface area contributed by atoms with Crippen molar-refractivity contribution in [2.24, 2.45) is 0 Å². The minimum Gasteiger partial charge on any atom is -0.461 e. The summed E-state index contributed by atoms with van der Waals surface area (Å²) in [5.41, 5.74) is 0.973. The van der Waals surface area contributed by atoms with Crippen molar-refractivity contribution in [2.75, 3.05) is 49.3 Å². The normalized spacial score (nSPS) is 21.8. The van der Waals surface area contributed by atoms with Gasteiger partial charge in [-0.25, -0.2) is 18.7 Å². The Hall–Kier alpha value is -3.25. The highest BCUT2D eigenvalue weighted by Crippen LogP contribution is 2.35. The van der Waals surface area contributed by atoms with E-state index < -0.39 is 29.8 Å². The van der Waals surface area contributed by atoms with E-state index >= 15 is 4.39 Å². The first kappa shape index (κ1) is 22.5. The van der Waals surface area contributed by atoms with E-state index in [2.05, 4.69) is 10.3 Å². The van der Waals surface area contributed by atoms with Crippen LogP contribution in [0.2, 0.25) is 0 Å². The summed E-state index contributed by atoms with van der Waals surface area (Å²) in [6.45, 7) is 4.79. The molecule has 1 spiro atoms. The highest BCUT2D eigenvalue weighted by molar-refractivity contribution is 5.90. The first-order chi connectivity index (χ1) is 16.5. The van der Waals surface area contributed by atoms with Crippen molar-refractivity contribution in [3.63, 3.8) is 0 Å². The molecule has 1 aromatic carbocycles. The Morgan fingerprint density at radius 3 is 2.74 bits per heavy atom. The Labute approximate surface area is 195 Å². The second-order valence-electron chi connectivity index (χ2n) is 8.39. The molecule has 12 heteroatoms. The number of amides is 1. The monoisotopic (exact) mass is 475 g/mol. The zero-order chi connectivity index (χ0) is 23.7. The highest BCUT2D eigenvalue weighted by atomic mass is 19.1. The van der Waals surface area contributed by atoms with Gasteiger partial charge in [0.2, 0.25) is 0 Å². The maximum absolute atomic E-state index is 15.0. The number of benzene rings is 1. The van der Waals surface area contributed by atoms with Crippen molar-refractivity contribution in [1.29, 1.82) is 0 Å². The summed E-state index contributed by atoms with van der Waals surface area (Å²) in [5, 5.41) is 7.66. The Kier molecular flexibility index (Phi) is 6.09. The van der Waals surface area contributed by atoms with Crippen LogP contribution in [0.5, 0.6) is 0 Å². The van der Waals surface area contributed by atoms with Crippen molar-refractivity contribution in [3.05, 3.63) is 35.9 Å². The zero-order valence-electron chi connectivity index (χ0n) is 18.8. The predicted molar refractivity (Wildman–Crippen MR) is 116 cm³/mol. The van der Waals surface area contributed by atoms with Gasteiger partial charge in [0, 0.05) is 25.9 Å². The molecule has 1 atom stereocenters. The van der Waals surface area contributed by atoms with Gasteiger partial charge in [0.15, 0.2) is 11.5 Å².